The van der Waals surface area contributed by atoms with Gasteiger partial charge >= 0.3 is 0 Å². The van der Waals surface area contributed by atoms with Crippen molar-refractivity contribution >= 4 is 16.7 Å². The van der Waals surface area contributed by atoms with Gasteiger partial charge in [0.25, 0.3) is 0 Å². The summed E-state index contributed by atoms with van der Waals surface area (Å²) in [6, 6.07) is 13.8. The lowest BCUT2D eigenvalue weighted by Gasteiger charge is -2.06. The van der Waals surface area contributed by atoms with Crippen LogP contribution in [0.5, 0.6) is 5.75 Å². The molecule has 1 aromatic heterocycles. The maximum atomic E-state index is 5.74. The van der Waals surface area contributed by atoms with Crippen molar-refractivity contribution in [3.8, 4) is 17.1 Å². The second kappa shape index (κ2) is 4.89. The van der Waals surface area contributed by atoms with Crippen LogP contribution in [0.3, 0.4) is 0 Å². The lowest BCUT2D eigenvalue weighted by molar-refractivity contribution is 0.415. The maximum absolute atomic E-state index is 5.74. The number of ether oxygens (including phenoxy) is 1. The highest BCUT2D eigenvalue weighted by Crippen LogP contribution is 2.27. The van der Waals surface area contributed by atoms with Crippen molar-refractivity contribution in [3.05, 3.63) is 42.5 Å². The number of nitrogens with zero attached hydrogens (tertiary/aromatic N) is 2. The van der Waals surface area contributed by atoms with Crippen LogP contribution in [0, 0.1) is 0 Å². The third-order valence-electron chi connectivity index (χ3n) is 3.44. The molecule has 0 saturated heterocycles. The number of aromatic nitrogens is 2. The van der Waals surface area contributed by atoms with Crippen LogP contribution < -0.4 is 10.5 Å². The summed E-state index contributed by atoms with van der Waals surface area (Å²) >= 11 is 0. The first-order valence-corrected chi connectivity index (χ1v) is 6.63. The Morgan fingerprint density at radius 2 is 1.90 bits per heavy atom. The molecule has 0 bridgehead atoms. The molecule has 2 aromatic carbocycles. The van der Waals surface area contributed by atoms with Gasteiger partial charge in [-0.25, -0.2) is 4.98 Å². The highest BCUT2D eigenvalue weighted by molar-refractivity contribution is 5.82. The van der Waals surface area contributed by atoms with Crippen LogP contribution in [0.2, 0.25) is 0 Å². The van der Waals surface area contributed by atoms with Crippen LogP contribution in [0.25, 0.3) is 22.4 Å². The summed E-state index contributed by atoms with van der Waals surface area (Å²) in [6.07, 6.45) is 0. The van der Waals surface area contributed by atoms with E-state index in [1.807, 2.05) is 42.5 Å². The number of methoxy groups -OCH3 is 1. The number of imidazole rings is 1. The van der Waals surface area contributed by atoms with Gasteiger partial charge in [-0.1, -0.05) is 0 Å². The number of anilines is 1. The van der Waals surface area contributed by atoms with Crippen molar-refractivity contribution < 1.29 is 4.74 Å². The predicted molar refractivity (Wildman–Crippen MR) is 81.8 cm³/mol. The fourth-order valence-electron chi connectivity index (χ4n) is 2.41. The standard InChI is InChI=1S/C16H17N3O/c1-3-19-15-9-8-13(20-2)10-14(15)18-16(19)11-4-6-12(17)7-5-11/h4-10H,3,17H2,1-2H3. The second-order valence-electron chi connectivity index (χ2n) is 4.66. The molecule has 0 saturated carbocycles. The first-order chi connectivity index (χ1) is 9.72. The number of hydrogen-bond acceptors (Lipinski definition) is 3. The molecular weight excluding hydrogens is 250 g/mol. The van der Waals surface area contributed by atoms with E-state index in [2.05, 4.69) is 11.5 Å². The van der Waals surface area contributed by atoms with E-state index in [4.69, 9.17) is 15.5 Å². The summed E-state index contributed by atoms with van der Waals surface area (Å²) in [5.41, 5.74) is 9.62. The fraction of sp³-hybridized carbons (Fsp3) is 0.188. The minimum atomic E-state index is 0.759. The summed E-state index contributed by atoms with van der Waals surface area (Å²) in [6.45, 7) is 2.98. The second-order valence-corrected chi connectivity index (χ2v) is 4.66. The summed E-state index contributed by atoms with van der Waals surface area (Å²) in [7, 11) is 1.67. The number of aryl methyl sites for hydroxylation is 1. The number of nitrogens with two attached hydrogens (primary N) is 1. The van der Waals surface area contributed by atoms with E-state index >= 15 is 0 Å². The summed E-state index contributed by atoms with van der Waals surface area (Å²) in [5.74, 6) is 1.78. The highest BCUT2D eigenvalue weighted by atomic mass is 16.5. The molecule has 3 rings (SSSR count). The minimum Gasteiger partial charge on any atom is -0.497 e. The van der Waals surface area contributed by atoms with Crippen LogP contribution in [0.15, 0.2) is 42.5 Å². The molecule has 0 spiro atoms. The van der Waals surface area contributed by atoms with Gasteiger partial charge in [-0.05, 0) is 43.3 Å². The van der Waals surface area contributed by atoms with E-state index in [9.17, 15) is 0 Å². The third-order valence-corrected chi connectivity index (χ3v) is 3.44. The highest BCUT2D eigenvalue weighted by Gasteiger charge is 2.11. The van der Waals surface area contributed by atoms with Gasteiger partial charge in [0.15, 0.2) is 0 Å². The van der Waals surface area contributed by atoms with Crippen LogP contribution in [-0.2, 0) is 6.54 Å². The van der Waals surface area contributed by atoms with Crippen LogP contribution in [0.4, 0.5) is 5.69 Å². The maximum Gasteiger partial charge on any atom is 0.141 e. The van der Waals surface area contributed by atoms with Gasteiger partial charge < -0.3 is 15.0 Å². The SMILES string of the molecule is CCn1c(-c2ccc(N)cc2)nc2cc(OC)ccc21. The molecule has 2 N–H and O–H groups in total. The molecule has 0 atom stereocenters. The number of rotatable bonds is 3. The Morgan fingerprint density at radius 1 is 1.15 bits per heavy atom. The Morgan fingerprint density at radius 3 is 2.55 bits per heavy atom. The molecule has 20 heavy (non-hydrogen) atoms. The molecule has 1 heterocycles. The van der Waals surface area contributed by atoms with E-state index in [0.29, 0.717) is 0 Å². The largest absolute Gasteiger partial charge is 0.497 e. The van der Waals surface area contributed by atoms with E-state index in [-0.39, 0.29) is 0 Å². The van der Waals surface area contributed by atoms with E-state index < -0.39 is 0 Å². The summed E-state index contributed by atoms with van der Waals surface area (Å²) < 4.78 is 7.46. The van der Waals surface area contributed by atoms with Crippen LogP contribution >= 0.6 is 0 Å². The van der Waals surface area contributed by atoms with Gasteiger partial charge in [-0.3, -0.25) is 0 Å². The molecule has 4 nitrogen and oxygen atoms in total. The topological polar surface area (TPSA) is 53.1 Å². The molecule has 102 valence electrons. The molecule has 0 amide bonds. The smallest absolute Gasteiger partial charge is 0.141 e. The van der Waals surface area contributed by atoms with Crippen molar-refractivity contribution in [2.45, 2.75) is 13.5 Å². The fourth-order valence-corrected chi connectivity index (χ4v) is 2.41. The molecule has 0 fully saturated rings. The number of nitrogen functional groups attached to an aromatic ring is 1. The lowest BCUT2D eigenvalue weighted by Crippen LogP contribution is -1.97. The van der Waals surface area contributed by atoms with E-state index in [1.54, 1.807) is 7.11 Å². The van der Waals surface area contributed by atoms with Gasteiger partial charge in [0.05, 0.1) is 18.1 Å². The third kappa shape index (κ3) is 1.99. The van der Waals surface area contributed by atoms with Gasteiger partial charge in [-0.15, -0.1) is 0 Å². The molecular formula is C16H17N3O. The first kappa shape index (κ1) is 12.5. The average Bonchev–Trinajstić information content (AvgIpc) is 2.85. The quantitative estimate of drug-likeness (QED) is 0.741. The average molecular weight is 267 g/mol. The van der Waals surface area contributed by atoms with Gasteiger partial charge in [0, 0.05) is 23.9 Å². The zero-order valence-corrected chi connectivity index (χ0v) is 11.6. The number of benzene rings is 2. The van der Waals surface area contributed by atoms with Gasteiger partial charge in [0.1, 0.15) is 11.6 Å². The van der Waals surface area contributed by atoms with E-state index in [0.717, 1.165) is 40.4 Å². The molecule has 4 heteroatoms. The lowest BCUT2D eigenvalue weighted by atomic mass is 10.2. The Balaban J connectivity index is 2.21. The van der Waals surface area contributed by atoms with E-state index in [1.165, 1.54) is 0 Å². The number of hydrogen-bond donors (Lipinski definition) is 1. The van der Waals surface area contributed by atoms with Gasteiger partial charge in [0.2, 0.25) is 0 Å². The Bertz CT molecular complexity index is 744. The van der Waals surface area contributed by atoms with Crippen molar-refractivity contribution in [1.29, 1.82) is 0 Å². The zero-order valence-electron chi connectivity index (χ0n) is 11.6. The Kier molecular flexibility index (Phi) is 3.06. The predicted octanol–water partition coefficient (Wildman–Crippen LogP) is 3.31. The molecule has 0 unspecified atom stereocenters. The Hall–Kier alpha value is -2.49. The van der Waals surface area contributed by atoms with Crippen molar-refractivity contribution in [2.24, 2.45) is 0 Å². The van der Waals surface area contributed by atoms with Crippen molar-refractivity contribution in [1.82, 2.24) is 9.55 Å². The zero-order chi connectivity index (χ0) is 14.1. The summed E-state index contributed by atoms with van der Waals surface area (Å²) in [4.78, 5) is 4.73. The molecule has 0 radical (unpaired) electrons. The van der Waals surface area contributed by atoms with Crippen molar-refractivity contribution in [2.75, 3.05) is 12.8 Å². The molecule has 0 aliphatic heterocycles. The summed E-state index contributed by atoms with van der Waals surface area (Å²) in [5, 5.41) is 0. The van der Waals surface area contributed by atoms with Gasteiger partial charge in [-0.2, -0.15) is 0 Å². The minimum absolute atomic E-state index is 0.759. The van der Waals surface area contributed by atoms with Crippen LogP contribution in [-0.4, -0.2) is 16.7 Å². The van der Waals surface area contributed by atoms with Crippen LogP contribution in [0.1, 0.15) is 6.92 Å². The molecule has 0 aliphatic carbocycles. The molecule has 3 aromatic rings. The normalized spacial score (nSPS) is 10.9. The first-order valence-electron chi connectivity index (χ1n) is 6.63. The monoisotopic (exact) mass is 267 g/mol. The van der Waals surface area contributed by atoms with Crippen molar-refractivity contribution in [3.63, 3.8) is 0 Å². The molecule has 0 aliphatic rings. The number of fused-ring (bicyclic) bond motifs is 1. The Labute approximate surface area is 117 Å².